The Morgan fingerprint density at radius 2 is 1.37 bits per heavy atom. The first-order valence-electron chi connectivity index (χ1n) is 26.6. The molecule has 0 aliphatic carbocycles. The van der Waals surface area contributed by atoms with Crippen LogP contribution in [0.2, 0.25) is 20.1 Å². The van der Waals surface area contributed by atoms with Gasteiger partial charge in [0.15, 0.2) is 29.0 Å². The molecule has 470 valence electrons. The number of ether oxygens (including phenoxy) is 2. The third-order valence-corrected chi connectivity index (χ3v) is 15.4. The molecule has 6 amide bonds. The molecule has 6 atom stereocenters. The average molecular weight is 1320 g/mol. The lowest BCUT2D eigenvalue weighted by Crippen LogP contribution is -2.53. The summed E-state index contributed by atoms with van der Waals surface area (Å²) in [6.07, 6.45) is -0.113. The molecule has 0 saturated carbocycles. The largest absolute Gasteiger partial charge is 0.508 e. The zero-order chi connectivity index (χ0) is 66.1. The molecule has 6 aromatic carbocycles. The van der Waals surface area contributed by atoms with Crippen molar-refractivity contribution in [2.75, 3.05) is 14.2 Å². The molecular weight excluding hydrogens is 1270 g/mol. The molecular formula is C60H53Cl4FN8O17. The number of nitrogens with zero attached hydrogens (tertiary/aromatic N) is 3. The zero-order valence-corrected chi connectivity index (χ0v) is 50.9. The van der Waals surface area contributed by atoms with Crippen LogP contribution in [-0.4, -0.2) is 113 Å². The zero-order valence-electron chi connectivity index (χ0n) is 47.9. The standard InChI is InChI=1S/C60H53Cl4FN8O17/c1-25(74)72-24-32-21-41(66-59(86)90-60(2,3)4)53(80)67-46(30-16-36(61)51(78)37(62)17-30)54(81)68-45(29-15-35(50(77)44(76)23-29)27-9-13-34(32)43(72)22-27)55(82)69-47(31-18-38(63)52(79)39(64)19-31)57(84)71(5)49(28-10-14-42(73(87)88)40(65)20-28)56(83)70-48(58(85)89-6)26-7-11-33(75)12-8-26/h7-20,22-24,41,45-49,75-79H,21H2,1-6H3,(H,66,86)(H,67,80)(H,68,81)(H,69,82)(H,70,83)/t41-,45-,46-,47-,48-,49+/m1/s1. The van der Waals surface area contributed by atoms with E-state index in [2.05, 4.69) is 26.6 Å². The predicted octanol–water partition coefficient (Wildman–Crippen LogP) is 8.71. The fourth-order valence-electron chi connectivity index (χ4n) is 9.89. The first kappa shape index (κ1) is 66.1. The summed E-state index contributed by atoms with van der Waals surface area (Å²) in [4.78, 5) is 128. The van der Waals surface area contributed by atoms with Crippen molar-refractivity contribution in [2.24, 2.45) is 0 Å². The van der Waals surface area contributed by atoms with Gasteiger partial charge in [0, 0.05) is 43.6 Å². The number of nitro groups is 1. The van der Waals surface area contributed by atoms with E-state index in [1.54, 1.807) is 20.8 Å². The Balaban J connectivity index is 1.32. The number of alkyl carbamates (subject to hydrolysis) is 1. The summed E-state index contributed by atoms with van der Waals surface area (Å²) >= 11 is 25.7. The molecule has 30 heteroatoms. The van der Waals surface area contributed by atoms with Gasteiger partial charge in [0.05, 0.1) is 37.6 Å². The number of benzene rings is 6. The summed E-state index contributed by atoms with van der Waals surface area (Å²) in [5.41, 5.74) is -3.36. The van der Waals surface area contributed by atoms with Crippen LogP contribution in [0.3, 0.4) is 0 Å². The average Bonchev–Trinajstić information content (AvgIpc) is 1.51. The number of aromatic hydroxyl groups is 5. The molecule has 9 rings (SSSR count). The Hall–Kier alpha value is -9.89. The fourth-order valence-corrected chi connectivity index (χ4v) is 10.9. The topological polar surface area (TPSA) is 368 Å². The smallest absolute Gasteiger partial charge is 0.408 e. The lowest BCUT2D eigenvalue weighted by Gasteiger charge is -2.33. The second-order valence-corrected chi connectivity index (χ2v) is 23.1. The van der Waals surface area contributed by atoms with Crippen molar-refractivity contribution in [3.63, 3.8) is 0 Å². The summed E-state index contributed by atoms with van der Waals surface area (Å²) in [6, 6.07) is 5.34. The number of carbonyl (C=O) groups excluding carboxylic acids is 8. The van der Waals surface area contributed by atoms with Crippen molar-refractivity contribution in [1.29, 1.82) is 0 Å². The highest BCUT2D eigenvalue weighted by Gasteiger charge is 2.41. The van der Waals surface area contributed by atoms with Gasteiger partial charge in [-0.15, -0.1) is 0 Å². The van der Waals surface area contributed by atoms with Crippen molar-refractivity contribution in [1.82, 2.24) is 36.1 Å². The van der Waals surface area contributed by atoms with Gasteiger partial charge in [-0.1, -0.05) is 70.7 Å². The summed E-state index contributed by atoms with van der Waals surface area (Å²) in [6.45, 7) is 5.89. The monoisotopic (exact) mass is 1320 g/mol. The summed E-state index contributed by atoms with van der Waals surface area (Å²) in [5, 5.41) is 77.2. The van der Waals surface area contributed by atoms with Crippen LogP contribution in [0.4, 0.5) is 14.9 Å². The van der Waals surface area contributed by atoms with Gasteiger partial charge in [-0.05, 0) is 126 Å². The van der Waals surface area contributed by atoms with Crippen LogP contribution in [0.5, 0.6) is 28.7 Å². The van der Waals surface area contributed by atoms with E-state index in [-0.39, 0.29) is 39.1 Å². The van der Waals surface area contributed by atoms with Gasteiger partial charge < -0.3 is 66.5 Å². The minimum Gasteiger partial charge on any atom is -0.508 e. The number of hydrogen-bond acceptors (Lipinski definition) is 17. The first-order chi connectivity index (χ1) is 42.3. The molecule has 90 heavy (non-hydrogen) atoms. The fraction of sp³-hybridized carbons (Fsp3) is 0.233. The number of nitrogens with one attached hydrogen (secondary N) is 5. The minimum absolute atomic E-state index is 0.0184. The number of carbonyl (C=O) groups is 8. The quantitative estimate of drug-likeness (QED) is 0.0223. The van der Waals surface area contributed by atoms with E-state index in [1.165, 1.54) is 60.2 Å². The van der Waals surface area contributed by atoms with Crippen LogP contribution >= 0.6 is 46.4 Å². The maximum atomic E-state index is 15.7. The molecule has 25 nitrogen and oxygen atoms in total. The Morgan fingerprint density at radius 1 is 0.756 bits per heavy atom. The van der Waals surface area contributed by atoms with Gasteiger partial charge >= 0.3 is 17.7 Å². The Bertz CT molecular complexity index is 4080. The minimum atomic E-state index is -2.23. The number of rotatable bonds is 13. The van der Waals surface area contributed by atoms with Gasteiger partial charge in [0.1, 0.15) is 41.6 Å². The number of hydrogen-bond donors (Lipinski definition) is 10. The van der Waals surface area contributed by atoms with Crippen LogP contribution in [-0.2, 0) is 44.7 Å². The highest BCUT2D eigenvalue weighted by Crippen LogP contribution is 2.43. The second-order valence-electron chi connectivity index (χ2n) is 21.5. The van der Waals surface area contributed by atoms with Crippen molar-refractivity contribution in [3.05, 3.63) is 173 Å². The highest BCUT2D eigenvalue weighted by molar-refractivity contribution is 6.38. The first-order valence-corrected chi connectivity index (χ1v) is 28.1. The third kappa shape index (κ3) is 14.2. The molecule has 1 aromatic heterocycles. The van der Waals surface area contributed by atoms with Gasteiger partial charge in [-0.2, -0.15) is 4.39 Å². The van der Waals surface area contributed by atoms with Crippen molar-refractivity contribution in [2.45, 2.75) is 76.0 Å². The third-order valence-electron chi connectivity index (χ3n) is 14.2. The molecule has 0 radical (unpaired) electrons. The molecule has 0 fully saturated rings. The van der Waals surface area contributed by atoms with E-state index in [9.17, 15) is 59.6 Å². The normalized spacial score (nSPS) is 16.0. The second kappa shape index (κ2) is 26.4. The number of aromatic nitrogens is 1. The molecule has 6 bridgehead atoms. The molecule has 0 saturated heterocycles. The number of phenols is 5. The number of fused-ring (bicyclic) bond motifs is 8. The number of halogens is 5. The molecule has 2 aliphatic rings. The van der Waals surface area contributed by atoms with Crippen LogP contribution < -0.4 is 26.6 Å². The number of likely N-dealkylation sites (N-methyl/N-ethyl adjacent to an activating group) is 1. The lowest BCUT2D eigenvalue weighted by molar-refractivity contribution is -0.387. The number of nitro benzene ring substituents is 1. The summed E-state index contributed by atoms with van der Waals surface area (Å²) in [5.74, 6) is -13.0. The molecule has 0 unspecified atom stereocenters. The summed E-state index contributed by atoms with van der Waals surface area (Å²) < 4.78 is 27.4. The van der Waals surface area contributed by atoms with E-state index < -0.39 is 166 Å². The lowest BCUT2D eigenvalue weighted by atomic mass is 9.94. The Kier molecular flexibility index (Phi) is 19.4. The van der Waals surface area contributed by atoms with Gasteiger partial charge in [0.25, 0.3) is 0 Å². The van der Waals surface area contributed by atoms with Gasteiger partial charge in [-0.3, -0.25) is 43.4 Å². The van der Waals surface area contributed by atoms with Gasteiger partial charge in [0.2, 0.25) is 41.3 Å². The number of amides is 6. The number of methoxy groups -OCH3 is 1. The van der Waals surface area contributed by atoms with Crippen LogP contribution in [0, 0.1) is 15.9 Å². The molecule has 7 aromatic rings. The molecule has 10 N–H and O–H groups in total. The van der Waals surface area contributed by atoms with E-state index in [4.69, 9.17) is 55.9 Å². The highest BCUT2D eigenvalue weighted by atomic mass is 35.5. The Morgan fingerprint density at radius 3 is 1.94 bits per heavy atom. The summed E-state index contributed by atoms with van der Waals surface area (Å²) in [7, 11) is 1.95. The maximum absolute atomic E-state index is 15.7. The van der Waals surface area contributed by atoms with E-state index >= 15 is 18.8 Å². The van der Waals surface area contributed by atoms with E-state index in [0.717, 1.165) is 56.6 Å². The van der Waals surface area contributed by atoms with Crippen LogP contribution in [0.15, 0.2) is 103 Å². The maximum Gasteiger partial charge on any atom is 0.408 e. The van der Waals surface area contributed by atoms with Gasteiger partial charge in [-0.25, -0.2) is 9.59 Å². The number of esters is 1. The van der Waals surface area contributed by atoms with Crippen molar-refractivity contribution in [3.8, 4) is 39.9 Å². The Labute approximate surface area is 529 Å². The molecule has 0 spiro atoms. The SMILES string of the molecule is COC(=O)[C@H](NC(=O)[C@H](c1ccc([N+](=O)[O-])c(F)c1)N(C)C(=O)[C@H](NC(=O)[C@@H]1NC(=O)[C@@H](c2cc(Cl)c(O)c(Cl)c2)NC(=O)[C@H](NC(=O)OC(C)(C)C)Cc2cn(C(C)=O)c3cc(ccc23)-c2cc1cc(O)c2O)c1cc(Cl)c(O)c(Cl)c1)c1ccc(O)cc1. The molecule has 2 aliphatic heterocycles. The van der Waals surface area contributed by atoms with E-state index in [0.29, 0.717) is 28.0 Å². The van der Waals surface area contributed by atoms with E-state index in [1.807, 2.05) is 0 Å². The van der Waals surface area contributed by atoms with Crippen molar-refractivity contribution >= 4 is 110 Å². The van der Waals surface area contributed by atoms with Crippen LogP contribution in [0.1, 0.15) is 96.1 Å². The van der Waals surface area contributed by atoms with Crippen molar-refractivity contribution < 1.29 is 82.7 Å². The van der Waals surface area contributed by atoms with Crippen LogP contribution in [0.25, 0.3) is 22.0 Å². The molecule has 3 heterocycles. The number of phenolic OH excluding ortho intramolecular Hbond substituents is 5. The predicted molar refractivity (Wildman–Crippen MR) is 322 cm³/mol.